The van der Waals surface area contributed by atoms with E-state index in [4.69, 9.17) is 33.4 Å². The summed E-state index contributed by atoms with van der Waals surface area (Å²) in [5, 5.41) is 46.9. The van der Waals surface area contributed by atoms with E-state index in [2.05, 4.69) is 74.1 Å². The number of nitrogens with one attached hydrogen (secondary N) is 14. The van der Waals surface area contributed by atoms with E-state index >= 15 is 28.8 Å². The number of primary amides is 4. The number of aromatic amines is 1. The lowest BCUT2D eigenvalue weighted by Gasteiger charge is -2.34. The molecule has 2 heterocycles. The molecule has 0 saturated carbocycles. The molecule has 1 aliphatic rings. The highest BCUT2D eigenvalue weighted by atomic mass is 32.2. The Bertz CT molecular complexity index is 4430. The Morgan fingerprint density at radius 3 is 1.81 bits per heavy atom. The zero-order chi connectivity index (χ0) is 86.9. The number of methoxy groups -OCH3 is 1. The number of unbranched alkanes of at least 4 members (excludes halogenated alkanes) is 2. The van der Waals surface area contributed by atoms with Gasteiger partial charge in [0.1, 0.15) is 77.7 Å². The third kappa shape index (κ3) is 30.4. The molecule has 0 aliphatic carbocycles. The standard InChI is InChI=1S/C79H109N19O19S/c1-42(67(84)105)87-72(110)61(39-65(83)104)93-68(106)54(19-11-14-33-85-44(3)100)96-78(116)79(5,31-12-13-32-80)98-76(114)59(37-47-20-23-48-15-7-8-16-49(48)35-47)92-73(111)58(36-46-21-24-51(117-6)25-22-46)91-75(113)62-41-118-34-30-57(88-45(4)101)70(108)89-56(27-29-64(82)103)71(109)97-66(43(2)99)77(115)94-60(38-50-40-86-53-18-10-9-17-52(50)53)74(112)90-55(69(107)95-62)26-28-63(81)102/h7-10,15-18,20-25,35,40,42-43,54-62,66,86,99H,11-14,19,26-34,36-39,41,80H2,1-6H3,(H2,81,102)(H2,82,103)(H2,83,104)(H2,84,105)(H,85,100)(H,87,110)(H,88,101)(H,89,108)(H,90,112)(H,91,113)(H,92,111)(H,93,106)(H,94,115)(H,95,107)(H,96,116)(H,97,109)(H,98,114)/t42-,43+,54-,55-,56-,57-,58-,59-,60-,61-,62-,66-,79-/m0/s1. The van der Waals surface area contributed by atoms with Gasteiger partial charge in [0, 0.05) is 75.3 Å². The summed E-state index contributed by atoms with van der Waals surface area (Å²) in [6.07, 6.45) is -3.60. The summed E-state index contributed by atoms with van der Waals surface area (Å²) < 4.78 is 5.42. The minimum absolute atomic E-state index is 0.128. The Morgan fingerprint density at radius 2 is 1.19 bits per heavy atom. The smallest absolute Gasteiger partial charge is 0.246 e. The first-order valence-electron chi connectivity index (χ1n) is 38.6. The molecule has 1 aliphatic heterocycles. The van der Waals surface area contributed by atoms with Gasteiger partial charge in [-0.15, -0.1) is 0 Å². The van der Waals surface area contributed by atoms with E-state index in [-0.39, 0.29) is 82.5 Å². The predicted octanol–water partition coefficient (Wildman–Crippen LogP) is -3.55. The molecule has 17 amide bonds. The maximum absolute atomic E-state index is 15.7. The average molecular weight is 1660 g/mol. The number of carbonyl (C=O) groups is 17. The van der Waals surface area contributed by atoms with E-state index in [1.807, 2.05) is 18.2 Å². The highest BCUT2D eigenvalue weighted by Gasteiger charge is 2.42. The van der Waals surface area contributed by atoms with Crippen molar-refractivity contribution in [3.63, 3.8) is 0 Å². The van der Waals surface area contributed by atoms with Crippen LogP contribution in [0.15, 0.2) is 97.2 Å². The molecule has 0 unspecified atom stereocenters. The van der Waals surface area contributed by atoms with Crippen molar-refractivity contribution in [1.29, 1.82) is 0 Å². The molecule has 1 saturated heterocycles. The lowest BCUT2D eigenvalue weighted by molar-refractivity contribution is -0.138. The third-order valence-electron chi connectivity index (χ3n) is 19.5. The van der Waals surface area contributed by atoms with E-state index in [1.54, 1.807) is 79.0 Å². The van der Waals surface area contributed by atoms with E-state index in [0.717, 1.165) is 36.4 Å². The zero-order valence-electron chi connectivity index (χ0n) is 66.7. The van der Waals surface area contributed by atoms with E-state index in [1.165, 1.54) is 27.9 Å². The molecular weight excluding hydrogens is 1550 g/mol. The fourth-order valence-electron chi connectivity index (χ4n) is 12.8. The number of hydrogen-bond acceptors (Lipinski definition) is 21. The molecule has 6 rings (SSSR count). The number of carbonyl (C=O) groups excluding carboxylic acids is 17. The number of para-hydroxylation sites is 1. The molecule has 0 radical (unpaired) electrons. The number of aromatic nitrogens is 1. The van der Waals surface area contributed by atoms with Gasteiger partial charge in [-0.1, -0.05) is 72.8 Å². The Labute approximate surface area is 685 Å². The lowest BCUT2D eigenvalue weighted by Crippen LogP contribution is -2.64. The summed E-state index contributed by atoms with van der Waals surface area (Å²) in [7, 11) is 1.42. The first kappa shape index (κ1) is 94.6. The molecule has 118 heavy (non-hydrogen) atoms. The van der Waals surface area contributed by atoms with Crippen LogP contribution in [0.5, 0.6) is 5.75 Å². The largest absolute Gasteiger partial charge is 0.497 e. The van der Waals surface area contributed by atoms with E-state index in [0.29, 0.717) is 39.8 Å². The summed E-state index contributed by atoms with van der Waals surface area (Å²) in [4.78, 5) is 240. The number of thioether (sulfide) groups is 1. The van der Waals surface area contributed by atoms with Gasteiger partial charge in [-0.3, -0.25) is 81.5 Å². The van der Waals surface area contributed by atoms with Gasteiger partial charge in [0.25, 0.3) is 0 Å². The van der Waals surface area contributed by atoms with Gasteiger partial charge < -0.3 is 113 Å². The fraction of sp³-hybridized carbons (Fsp3) is 0.481. The normalized spacial score (nSPS) is 19.1. The number of fused-ring (bicyclic) bond motifs is 2. The zero-order valence-corrected chi connectivity index (χ0v) is 67.5. The van der Waals surface area contributed by atoms with Gasteiger partial charge in [0.2, 0.25) is 100 Å². The van der Waals surface area contributed by atoms with Crippen LogP contribution in [0.3, 0.4) is 0 Å². The van der Waals surface area contributed by atoms with E-state index in [9.17, 15) is 57.8 Å². The quantitative estimate of drug-likeness (QED) is 0.0169. The van der Waals surface area contributed by atoms with Crippen molar-refractivity contribution in [3.05, 3.63) is 114 Å². The molecule has 4 aromatic carbocycles. The Hall–Kier alpha value is -12.3. The summed E-state index contributed by atoms with van der Waals surface area (Å²) in [6, 6.07) is 7.66. The summed E-state index contributed by atoms with van der Waals surface area (Å²) in [6.45, 7) is 6.46. The molecule has 13 atom stereocenters. The van der Waals surface area contributed by atoms with Crippen LogP contribution in [0.25, 0.3) is 21.7 Å². The van der Waals surface area contributed by atoms with Crippen LogP contribution >= 0.6 is 11.8 Å². The number of H-pyrrole nitrogens is 1. The molecule has 0 bridgehead atoms. The number of benzene rings is 4. The first-order chi connectivity index (χ1) is 56.0. The molecular formula is C79H109N19O19S. The van der Waals surface area contributed by atoms with Gasteiger partial charge in [0.15, 0.2) is 0 Å². The number of ether oxygens (including phenoxy) is 1. The van der Waals surface area contributed by atoms with Gasteiger partial charge in [-0.2, -0.15) is 11.8 Å². The van der Waals surface area contributed by atoms with Gasteiger partial charge in [-0.05, 0) is 137 Å². The van der Waals surface area contributed by atoms with Crippen molar-refractivity contribution in [2.75, 3.05) is 31.7 Å². The molecule has 0 spiro atoms. The average Bonchev–Trinajstić information content (AvgIpc) is 0.867. The van der Waals surface area contributed by atoms with Crippen molar-refractivity contribution in [3.8, 4) is 5.75 Å². The molecule has 640 valence electrons. The topological polar surface area (TPSA) is 622 Å². The van der Waals surface area contributed by atoms with Crippen molar-refractivity contribution >= 4 is 134 Å². The van der Waals surface area contributed by atoms with Gasteiger partial charge in [0.05, 0.1) is 19.6 Å². The highest BCUT2D eigenvalue weighted by Crippen LogP contribution is 2.24. The summed E-state index contributed by atoms with van der Waals surface area (Å²) in [5.74, 6) is -16.5. The second-order valence-electron chi connectivity index (χ2n) is 29.2. The number of aliphatic hydroxyl groups is 1. The third-order valence-corrected chi connectivity index (χ3v) is 20.6. The second-order valence-corrected chi connectivity index (χ2v) is 30.3. The van der Waals surface area contributed by atoms with E-state index < -0.39 is 210 Å². The van der Waals surface area contributed by atoms with Crippen molar-refractivity contribution in [1.82, 2.24) is 74.1 Å². The van der Waals surface area contributed by atoms with Crippen LogP contribution in [-0.4, -0.2) is 220 Å². The maximum atomic E-state index is 15.7. The molecule has 39 heteroatoms. The highest BCUT2D eigenvalue weighted by molar-refractivity contribution is 7.99. The summed E-state index contributed by atoms with van der Waals surface area (Å²) in [5.41, 5.74) is 27.9. The van der Waals surface area contributed by atoms with Crippen LogP contribution < -0.4 is 103 Å². The van der Waals surface area contributed by atoms with Crippen molar-refractivity contribution in [2.24, 2.45) is 28.7 Å². The number of aliphatic hydroxyl groups excluding tert-OH is 1. The van der Waals surface area contributed by atoms with Gasteiger partial charge in [-0.25, -0.2) is 0 Å². The van der Waals surface area contributed by atoms with Crippen LogP contribution in [0.1, 0.15) is 128 Å². The molecule has 1 aromatic heterocycles. The summed E-state index contributed by atoms with van der Waals surface area (Å²) >= 11 is 0.934. The van der Waals surface area contributed by atoms with Crippen LogP contribution in [0, 0.1) is 0 Å². The predicted molar refractivity (Wildman–Crippen MR) is 434 cm³/mol. The van der Waals surface area contributed by atoms with Crippen molar-refractivity contribution in [2.45, 2.75) is 209 Å². The van der Waals surface area contributed by atoms with Crippen LogP contribution in [-0.2, 0) is 101 Å². The number of nitrogens with two attached hydrogens (primary N) is 5. The molecule has 25 N–H and O–H groups in total. The number of hydrogen-bond donors (Lipinski definition) is 20. The molecule has 1 fully saturated rings. The fourth-order valence-corrected chi connectivity index (χ4v) is 13.9. The minimum Gasteiger partial charge on any atom is -0.497 e. The Balaban J connectivity index is 1.45. The maximum Gasteiger partial charge on any atom is 0.246 e. The lowest BCUT2D eigenvalue weighted by atomic mass is 9.91. The molecule has 38 nitrogen and oxygen atoms in total. The van der Waals surface area contributed by atoms with Crippen molar-refractivity contribution < 1.29 is 91.4 Å². The number of rotatable bonds is 39. The monoisotopic (exact) mass is 1660 g/mol. The molecule has 5 aromatic rings. The second kappa shape index (κ2) is 46.5. The van der Waals surface area contributed by atoms with Crippen LogP contribution in [0.4, 0.5) is 0 Å². The number of amides is 17. The van der Waals surface area contributed by atoms with Crippen LogP contribution in [0.2, 0.25) is 0 Å². The SMILES string of the molecule is COc1ccc(C[C@H](NC(=O)[C@@H]2CSCC[C@H](NC(C)=O)C(=O)N[C@@H](CCC(N)=O)C(=O)N[C@@H]([C@@H](C)O)C(=O)N[C@@H](Cc3c[nH]c4ccccc34)C(=O)N[C@@H](CCC(N)=O)C(=O)N2)C(=O)N[C@@H](Cc2ccc3ccccc3c2)C(=O)N[C@@](C)(CCCCN)C(=O)N[C@@H](CCCCNC(C)=O)C(=O)N[C@@H](CC(N)=O)C(=O)N[C@@H](C)C(N)=O)cc1. The minimum atomic E-state index is -2.00. The Kier molecular flexibility index (Phi) is 37.3. The Morgan fingerprint density at radius 1 is 0.602 bits per heavy atom. The van der Waals surface area contributed by atoms with Gasteiger partial charge >= 0.3 is 0 Å². The first-order valence-corrected chi connectivity index (χ1v) is 39.8.